The zero-order chi connectivity index (χ0) is 19.4. The van der Waals surface area contributed by atoms with Crippen molar-refractivity contribution < 1.29 is 18.4 Å². The summed E-state index contributed by atoms with van der Waals surface area (Å²) in [5.41, 5.74) is 0.990. The molecule has 0 spiro atoms. The van der Waals surface area contributed by atoms with Crippen molar-refractivity contribution in [3.8, 4) is 11.3 Å². The minimum absolute atomic E-state index is 0.0889. The number of nitrogens with zero attached hydrogens (tertiary/aromatic N) is 1. The molecule has 0 saturated carbocycles. The van der Waals surface area contributed by atoms with Crippen molar-refractivity contribution in [2.75, 3.05) is 18.9 Å². The molecule has 0 aliphatic rings. The van der Waals surface area contributed by atoms with Gasteiger partial charge in [0.1, 0.15) is 11.6 Å². The summed E-state index contributed by atoms with van der Waals surface area (Å²) in [6, 6.07) is 15.8. The van der Waals surface area contributed by atoms with Crippen molar-refractivity contribution in [1.29, 1.82) is 0 Å². The third-order valence-corrected chi connectivity index (χ3v) is 4.12. The number of anilines is 1. The van der Waals surface area contributed by atoms with Gasteiger partial charge < -0.3 is 14.6 Å². The van der Waals surface area contributed by atoms with Gasteiger partial charge in [-0.05, 0) is 42.5 Å². The molecular formula is C20H16ClFN2O3. The van der Waals surface area contributed by atoms with E-state index in [-0.39, 0.29) is 12.3 Å². The first-order chi connectivity index (χ1) is 12.9. The lowest BCUT2D eigenvalue weighted by molar-refractivity contribution is -0.116. The van der Waals surface area contributed by atoms with Gasteiger partial charge in [0.15, 0.2) is 5.76 Å². The number of rotatable bonds is 5. The second kappa shape index (κ2) is 8.05. The Labute approximate surface area is 160 Å². The lowest BCUT2D eigenvalue weighted by Crippen LogP contribution is -2.34. The maximum atomic E-state index is 13.2. The van der Waals surface area contributed by atoms with Gasteiger partial charge in [-0.15, -0.1) is 0 Å². The Morgan fingerprint density at radius 3 is 2.63 bits per heavy atom. The SMILES string of the molecule is CN(CC(=O)Nc1cccc(F)c1)C(=O)c1ccc(-c2ccccc2Cl)o1. The molecule has 7 heteroatoms. The lowest BCUT2D eigenvalue weighted by Gasteiger charge is -2.15. The van der Waals surface area contributed by atoms with Crippen molar-refractivity contribution in [3.05, 3.63) is 77.3 Å². The number of likely N-dealkylation sites (N-methyl/N-ethyl adjacent to an activating group) is 1. The van der Waals surface area contributed by atoms with E-state index in [1.165, 1.54) is 36.2 Å². The van der Waals surface area contributed by atoms with Crippen LogP contribution in [0.15, 0.2) is 65.1 Å². The molecule has 138 valence electrons. The Bertz CT molecular complexity index is 987. The zero-order valence-electron chi connectivity index (χ0n) is 14.4. The second-order valence-corrected chi connectivity index (χ2v) is 6.27. The van der Waals surface area contributed by atoms with Gasteiger partial charge in [-0.1, -0.05) is 29.8 Å². The number of furan rings is 1. The Morgan fingerprint density at radius 2 is 1.89 bits per heavy atom. The lowest BCUT2D eigenvalue weighted by atomic mass is 10.2. The predicted octanol–water partition coefficient (Wildman–Crippen LogP) is 4.45. The van der Waals surface area contributed by atoms with Gasteiger partial charge in [0.2, 0.25) is 5.91 Å². The van der Waals surface area contributed by atoms with Crippen LogP contribution in [0.25, 0.3) is 11.3 Å². The van der Waals surface area contributed by atoms with Gasteiger partial charge in [0.25, 0.3) is 5.91 Å². The van der Waals surface area contributed by atoms with E-state index in [0.717, 1.165) is 0 Å². The molecule has 0 atom stereocenters. The van der Waals surface area contributed by atoms with E-state index in [0.29, 0.717) is 22.0 Å². The van der Waals surface area contributed by atoms with E-state index in [2.05, 4.69) is 5.32 Å². The number of halogens is 2. The van der Waals surface area contributed by atoms with Crippen molar-refractivity contribution >= 4 is 29.1 Å². The fourth-order valence-corrected chi connectivity index (χ4v) is 2.73. The van der Waals surface area contributed by atoms with Crippen molar-refractivity contribution in [2.24, 2.45) is 0 Å². The molecule has 2 aromatic carbocycles. The quantitative estimate of drug-likeness (QED) is 0.704. The van der Waals surface area contributed by atoms with E-state index in [4.69, 9.17) is 16.0 Å². The molecule has 27 heavy (non-hydrogen) atoms. The highest BCUT2D eigenvalue weighted by atomic mass is 35.5. The summed E-state index contributed by atoms with van der Waals surface area (Å²) in [7, 11) is 1.48. The molecular weight excluding hydrogens is 371 g/mol. The van der Waals surface area contributed by atoms with Gasteiger partial charge in [-0.25, -0.2) is 4.39 Å². The van der Waals surface area contributed by atoms with E-state index in [9.17, 15) is 14.0 Å². The summed E-state index contributed by atoms with van der Waals surface area (Å²) in [5, 5.41) is 3.05. The third-order valence-electron chi connectivity index (χ3n) is 3.79. The molecule has 1 aromatic heterocycles. The largest absolute Gasteiger partial charge is 0.451 e. The van der Waals surface area contributed by atoms with E-state index in [1.807, 2.05) is 6.07 Å². The maximum absolute atomic E-state index is 13.2. The average Bonchev–Trinajstić information content (AvgIpc) is 3.11. The summed E-state index contributed by atoms with van der Waals surface area (Å²) in [6.45, 7) is -0.211. The minimum atomic E-state index is -0.458. The predicted molar refractivity (Wildman–Crippen MR) is 101 cm³/mol. The number of carbonyl (C=O) groups excluding carboxylic acids is 2. The summed E-state index contributed by atoms with van der Waals surface area (Å²) in [4.78, 5) is 25.8. The molecule has 5 nitrogen and oxygen atoms in total. The van der Waals surface area contributed by atoms with Crippen LogP contribution in [-0.4, -0.2) is 30.3 Å². The number of amides is 2. The molecule has 2 amide bonds. The monoisotopic (exact) mass is 386 g/mol. The van der Waals surface area contributed by atoms with E-state index < -0.39 is 17.6 Å². The molecule has 0 radical (unpaired) electrons. The number of nitrogens with one attached hydrogen (secondary N) is 1. The number of hydrogen-bond donors (Lipinski definition) is 1. The van der Waals surface area contributed by atoms with Crippen LogP contribution in [0.4, 0.5) is 10.1 Å². The van der Waals surface area contributed by atoms with Gasteiger partial charge >= 0.3 is 0 Å². The van der Waals surface area contributed by atoms with Crippen LogP contribution in [0.5, 0.6) is 0 Å². The van der Waals surface area contributed by atoms with Crippen LogP contribution in [0.1, 0.15) is 10.6 Å². The Morgan fingerprint density at radius 1 is 1.11 bits per heavy atom. The first kappa shape index (κ1) is 18.7. The second-order valence-electron chi connectivity index (χ2n) is 5.86. The highest BCUT2D eigenvalue weighted by Crippen LogP contribution is 2.29. The minimum Gasteiger partial charge on any atom is -0.451 e. The average molecular weight is 387 g/mol. The number of benzene rings is 2. The highest BCUT2D eigenvalue weighted by molar-refractivity contribution is 6.33. The van der Waals surface area contributed by atoms with E-state index in [1.54, 1.807) is 30.3 Å². The molecule has 3 aromatic rings. The molecule has 1 heterocycles. The highest BCUT2D eigenvalue weighted by Gasteiger charge is 2.19. The van der Waals surface area contributed by atoms with Crippen LogP contribution in [-0.2, 0) is 4.79 Å². The first-order valence-corrected chi connectivity index (χ1v) is 8.47. The number of carbonyl (C=O) groups is 2. The molecule has 0 fully saturated rings. The molecule has 3 rings (SSSR count). The molecule has 0 saturated heterocycles. The van der Waals surface area contributed by atoms with Gasteiger partial charge in [0.05, 0.1) is 11.6 Å². The van der Waals surface area contributed by atoms with Crippen molar-refractivity contribution in [3.63, 3.8) is 0 Å². The zero-order valence-corrected chi connectivity index (χ0v) is 15.2. The normalized spacial score (nSPS) is 10.5. The molecule has 1 N–H and O–H groups in total. The van der Waals surface area contributed by atoms with Crippen molar-refractivity contribution in [2.45, 2.75) is 0 Å². The van der Waals surface area contributed by atoms with Gasteiger partial charge in [-0.3, -0.25) is 9.59 Å². The Balaban J connectivity index is 1.65. The maximum Gasteiger partial charge on any atom is 0.289 e. The Kier molecular flexibility index (Phi) is 5.57. The van der Waals surface area contributed by atoms with Crippen LogP contribution >= 0.6 is 11.6 Å². The summed E-state index contributed by atoms with van der Waals surface area (Å²) in [5.74, 6) is -0.815. The summed E-state index contributed by atoms with van der Waals surface area (Å²) in [6.07, 6.45) is 0. The van der Waals surface area contributed by atoms with Gasteiger partial charge in [-0.2, -0.15) is 0 Å². The van der Waals surface area contributed by atoms with Crippen LogP contribution in [0.2, 0.25) is 5.02 Å². The van der Waals surface area contributed by atoms with Crippen LogP contribution < -0.4 is 5.32 Å². The third kappa shape index (κ3) is 4.54. The fourth-order valence-electron chi connectivity index (χ4n) is 2.50. The fraction of sp³-hybridized carbons (Fsp3) is 0.100. The van der Waals surface area contributed by atoms with Crippen molar-refractivity contribution in [1.82, 2.24) is 4.90 Å². The van der Waals surface area contributed by atoms with Crippen LogP contribution in [0.3, 0.4) is 0 Å². The molecule has 0 bridgehead atoms. The van der Waals surface area contributed by atoms with Gasteiger partial charge in [0, 0.05) is 18.3 Å². The molecule has 0 aliphatic heterocycles. The van der Waals surface area contributed by atoms with E-state index >= 15 is 0 Å². The molecule has 0 unspecified atom stereocenters. The summed E-state index contributed by atoms with van der Waals surface area (Å²) >= 11 is 6.13. The molecule has 0 aliphatic carbocycles. The topological polar surface area (TPSA) is 62.6 Å². The smallest absolute Gasteiger partial charge is 0.289 e. The first-order valence-electron chi connectivity index (χ1n) is 8.09. The van der Waals surface area contributed by atoms with Crippen LogP contribution in [0, 0.1) is 5.82 Å². The Hall–Kier alpha value is -3.12. The standard InChI is InChI=1S/C20H16ClFN2O3/c1-24(12-19(25)23-14-6-4-5-13(22)11-14)20(26)18-10-9-17(27-18)15-7-2-3-8-16(15)21/h2-11H,12H2,1H3,(H,23,25). The number of hydrogen-bond acceptors (Lipinski definition) is 3. The summed E-state index contributed by atoms with van der Waals surface area (Å²) < 4.78 is 18.8.